The van der Waals surface area contributed by atoms with Crippen LogP contribution in [0.4, 0.5) is 11.4 Å². The molecular weight excluding hydrogens is 476 g/mol. The van der Waals surface area contributed by atoms with E-state index in [4.69, 9.17) is 9.47 Å². The first-order valence-electron chi connectivity index (χ1n) is 12.7. The summed E-state index contributed by atoms with van der Waals surface area (Å²) in [5, 5.41) is 2.36. The first-order valence-corrected chi connectivity index (χ1v) is 12.7. The fraction of sp³-hybridized carbons (Fsp3) is 0.0333. The summed E-state index contributed by atoms with van der Waals surface area (Å²) < 4.78 is 23.0. The van der Waals surface area contributed by atoms with Crippen molar-refractivity contribution < 1.29 is 18.8 Å². The standard InChI is InChI=1S/C30H17N6O2/c1-32-19-8-2-3-9-20(19)35-29(32)18-14-31-15-24-27(18)36(35)28-23(38-24)12-11-22-26(28)34-25-16(6-4-10-21(25)37-22)17-7-5-13-33(36)30(17)34/h2-15H,1H3/q+3. The molecular formula is C30H17N6O2+3. The van der Waals surface area contributed by atoms with Gasteiger partial charge in [-0.1, -0.05) is 18.2 Å². The number of hydrogen-bond acceptors (Lipinski definition) is 3. The molecule has 0 bridgehead atoms. The predicted molar refractivity (Wildman–Crippen MR) is 140 cm³/mol. The SMILES string of the molecule is Cn1c2[n+](c3ccccc31)[N+]13c4c(cncc4-2)Oc2ccc4c(c21)-n1c2c(cccc2c2ccc[n+]3c21)O4. The van der Waals surface area contributed by atoms with Crippen LogP contribution in [-0.2, 0) is 7.05 Å². The Labute approximate surface area is 214 Å². The lowest BCUT2D eigenvalue weighted by Crippen LogP contribution is -2.84. The third-order valence-electron chi connectivity index (χ3n) is 8.75. The second-order valence-corrected chi connectivity index (χ2v) is 10.4. The zero-order valence-corrected chi connectivity index (χ0v) is 20.1. The quantitative estimate of drug-likeness (QED) is 0.212. The maximum atomic E-state index is 6.66. The predicted octanol–water partition coefficient (Wildman–Crippen LogP) is 5.32. The zero-order valence-electron chi connectivity index (χ0n) is 20.1. The van der Waals surface area contributed by atoms with E-state index < -0.39 is 0 Å². The molecule has 0 saturated heterocycles. The lowest BCUT2D eigenvalue weighted by molar-refractivity contribution is -1.01. The van der Waals surface area contributed by atoms with Crippen molar-refractivity contribution >= 4 is 44.3 Å². The van der Waals surface area contributed by atoms with Crippen LogP contribution in [0.1, 0.15) is 0 Å². The number of pyridine rings is 2. The summed E-state index contributed by atoms with van der Waals surface area (Å²) in [6, 6.07) is 23.3. The van der Waals surface area contributed by atoms with E-state index >= 15 is 0 Å². The highest BCUT2D eigenvalue weighted by Gasteiger charge is 2.70. The minimum atomic E-state index is 0.300. The number of aryl methyl sites for hydroxylation is 1. The molecule has 0 fully saturated rings. The van der Waals surface area contributed by atoms with Crippen molar-refractivity contribution in [3.05, 3.63) is 85.3 Å². The second kappa shape index (κ2) is 5.39. The Morgan fingerprint density at radius 2 is 1.66 bits per heavy atom. The molecule has 1 atom stereocenters. The molecule has 4 aromatic heterocycles. The molecule has 0 amide bonds. The zero-order chi connectivity index (χ0) is 24.5. The number of fused-ring (bicyclic) bond motifs is 5. The summed E-state index contributed by atoms with van der Waals surface area (Å²) >= 11 is 0. The van der Waals surface area contributed by atoms with Crippen LogP contribution in [0.25, 0.3) is 50.0 Å². The van der Waals surface area contributed by atoms with E-state index in [1.807, 2.05) is 24.5 Å². The van der Waals surface area contributed by atoms with Gasteiger partial charge in [0.2, 0.25) is 22.7 Å². The van der Waals surface area contributed by atoms with E-state index in [1.54, 1.807) is 0 Å². The molecule has 0 saturated carbocycles. The third kappa shape index (κ3) is 1.55. The average Bonchev–Trinajstić information content (AvgIpc) is 3.57. The van der Waals surface area contributed by atoms with Gasteiger partial charge in [-0.3, -0.25) is 4.98 Å². The fourth-order valence-corrected chi connectivity index (χ4v) is 7.50. The van der Waals surface area contributed by atoms with Gasteiger partial charge in [-0.2, -0.15) is 4.57 Å². The topological polar surface area (TPSA) is 49.0 Å². The van der Waals surface area contributed by atoms with E-state index in [9.17, 15) is 0 Å². The normalized spacial score (nSPS) is 18.1. The number of aromatic nitrogens is 5. The van der Waals surface area contributed by atoms with Crippen LogP contribution in [0.5, 0.6) is 23.0 Å². The van der Waals surface area contributed by atoms with Gasteiger partial charge in [0.1, 0.15) is 0 Å². The summed E-state index contributed by atoms with van der Waals surface area (Å²) in [5.74, 6) is 4.33. The van der Waals surface area contributed by atoms with Crippen LogP contribution < -0.4 is 23.5 Å². The maximum absolute atomic E-state index is 6.66. The van der Waals surface area contributed by atoms with Crippen LogP contribution in [0.3, 0.4) is 0 Å². The highest BCUT2D eigenvalue weighted by atomic mass is 16.5. The molecule has 176 valence electrons. The van der Waals surface area contributed by atoms with E-state index in [2.05, 4.69) is 91.3 Å². The molecule has 8 heteroatoms. The molecule has 3 aromatic carbocycles. The number of para-hydroxylation sites is 3. The molecule has 38 heavy (non-hydrogen) atoms. The maximum Gasteiger partial charge on any atom is 0.353 e. The van der Waals surface area contributed by atoms with Gasteiger partial charge in [0.15, 0.2) is 34.3 Å². The molecule has 0 aliphatic carbocycles. The van der Waals surface area contributed by atoms with Gasteiger partial charge in [0.05, 0.1) is 23.3 Å². The van der Waals surface area contributed by atoms with Gasteiger partial charge in [0, 0.05) is 16.3 Å². The smallest absolute Gasteiger partial charge is 0.353 e. The summed E-state index contributed by atoms with van der Waals surface area (Å²) in [7, 11) is 2.13. The minimum absolute atomic E-state index is 0.300. The first kappa shape index (κ1) is 18.1. The largest absolute Gasteiger partial charge is 0.448 e. The van der Waals surface area contributed by atoms with Gasteiger partial charge in [-0.25, -0.2) is 4.57 Å². The molecule has 8 nitrogen and oxygen atoms in total. The molecule has 8 heterocycles. The van der Waals surface area contributed by atoms with Crippen LogP contribution in [0.2, 0.25) is 0 Å². The number of nitrogens with zero attached hydrogens (tertiary/aromatic N) is 6. The van der Waals surface area contributed by atoms with E-state index in [1.165, 1.54) is 10.8 Å². The lowest BCUT2D eigenvalue weighted by Gasteiger charge is -2.34. The fourth-order valence-electron chi connectivity index (χ4n) is 7.50. The Kier molecular flexibility index (Phi) is 2.57. The Morgan fingerprint density at radius 3 is 2.63 bits per heavy atom. The Balaban J connectivity index is 1.52. The Morgan fingerprint density at radius 1 is 0.789 bits per heavy atom. The molecule has 0 radical (unpaired) electrons. The Bertz CT molecular complexity index is 2330. The number of imidazole rings is 1. The molecule has 7 aromatic rings. The van der Waals surface area contributed by atoms with Gasteiger partial charge < -0.3 is 9.47 Å². The lowest BCUT2D eigenvalue weighted by atomic mass is 10.1. The van der Waals surface area contributed by atoms with Crippen molar-refractivity contribution in [3.8, 4) is 40.1 Å². The summed E-state index contributed by atoms with van der Waals surface area (Å²) in [5.41, 5.74) is 8.64. The van der Waals surface area contributed by atoms with Crippen molar-refractivity contribution in [1.82, 2.24) is 18.8 Å². The summed E-state index contributed by atoms with van der Waals surface area (Å²) in [6.45, 7) is 0. The second-order valence-electron chi connectivity index (χ2n) is 10.4. The average molecular weight is 494 g/mol. The van der Waals surface area contributed by atoms with Gasteiger partial charge in [0.25, 0.3) is 5.69 Å². The summed E-state index contributed by atoms with van der Waals surface area (Å²) in [4.78, 5) is 4.64. The molecule has 1 unspecified atom stereocenters. The Hall–Kier alpha value is -5.21. The highest BCUT2D eigenvalue weighted by Crippen LogP contribution is 2.62. The molecule has 4 aliphatic rings. The van der Waals surface area contributed by atoms with Crippen molar-refractivity contribution in [1.29, 1.82) is 0 Å². The van der Waals surface area contributed by atoms with Crippen LogP contribution in [-0.4, -0.2) is 14.1 Å². The third-order valence-corrected chi connectivity index (χ3v) is 8.75. The first-order chi connectivity index (χ1) is 18.8. The number of hydrogen-bond donors (Lipinski definition) is 0. The summed E-state index contributed by atoms with van der Waals surface area (Å²) in [6.07, 6.45) is 6.01. The van der Waals surface area contributed by atoms with Crippen LogP contribution in [0.15, 0.2) is 85.3 Å². The van der Waals surface area contributed by atoms with Gasteiger partial charge in [-0.15, -0.1) is 0 Å². The molecule has 4 aliphatic heterocycles. The van der Waals surface area contributed by atoms with Crippen molar-refractivity contribution in [2.45, 2.75) is 0 Å². The van der Waals surface area contributed by atoms with Gasteiger partial charge >= 0.3 is 17.2 Å². The molecule has 0 N–H and O–H groups in total. The van der Waals surface area contributed by atoms with Gasteiger partial charge in [-0.05, 0) is 53.2 Å². The molecule has 11 rings (SSSR count). The highest BCUT2D eigenvalue weighted by molar-refractivity contribution is 6.11. The van der Waals surface area contributed by atoms with E-state index in [0.29, 0.717) is 4.70 Å². The van der Waals surface area contributed by atoms with Crippen molar-refractivity contribution in [3.63, 3.8) is 0 Å². The van der Waals surface area contributed by atoms with Crippen LogP contribution >= 0.6 is 0 Å². The van der Waals surface area contributed by atoms with E-state index in [-0.39, 0.29) is 0 Å². The molecule has 1 spiro atoms. The number of ether oxygens (including phenoxy) is 2. The number of rotatable bonds is 0. The van der Waals surface area contributed by atoms with Crippen LogP contribution in [0, 0.1) is 0 Å². The van der Waals surface area contributed by atoms with Crippen molar-refractivity contribution in [2.75, 3.05) is 0 Å². The minimum Gasteiger partial charge on any atom is -0.448 e. The number of benzene rings is 3. The van der Waals surface area contributed by atoms with Crippen molar-refractivity contribution in [2.24, 2.45) is 7.05 Å². The monoisotopic (exact) mass is 493 g/mol. The number of quaternary nitrogens is 1. The van der Waals surface area contributed by atoms with E-state index in [0.717, 1.165) is 73.6 Å².